The summed E-state index contributed by atoms with van der Waals surface area (Å²) in [5.41, 5.74) is 11.7. The van der Waals surface area contributed by atoms with Crippen molar-refractivity contribution in [3.63, 3.8) is 0 Å². The molecule has 2 atom stereocenters. The van der Waals surface area contributed by atoms with E-state index in [0.29, 0.717) is 12.8 Å². The van der Waals surface area contributed by atoms with Gasteiger partial charge in [-0.15, -0.1) is 0 Å². The van der Waals surface area contributed by atoms with E-state index in [1.54, 1.807) is 0 Å². The molecule has 0 radical (unpaired) electrons. The average molecular weight is 266 g/mol. The number of ether oxygens (including phenoxy) is 1. The largest absolute Gasteiger partial charge is 0.394 e. The Morgan fingerprint density at radius 2 is 2.47 bits per heavy atom. The zero-order valence-electron chi connectivity index (χ0n) is 10.0. The maximum atomic E-state index is 11.7. The Morgan fingerprint density at radius 1 is 1.68 bits per heavy atom. The zero-order valence-corrected chi connectivity index (χ0v) is 10.0. The van der Waals surface area contributed by atoms with Gasteiger partial charge in [0.25, 0.3) is 5.56 Å². The summed E-state index contributed by atoms with van der Waals surface area (Å²) in [7, 11) is 0. The summed E-state index contributed by atoms with van der Waals surface area (Å²) < 4.78 is 7.06. The number of aromatic nitrogens is 4. The first kappa shape index (κ1) is 12.1. The van der Waals surface area contributed by atoms with Gasteiger partial charge < -0.3 is 15.6 Å². The highest BCUT2D eigenvalue weighted by Gasteiger charge is 2.39. The van der Waals surface area contributed by atoms with Gasteiger partial charge >= 0.3 is 0 Å². The molecule has 2 aromatic heterocycles. The summed E-state index contributed by atoms with van der Waals surface area (Å²) in [6.45, 7) is -0.109. The van der Waals surface area contributed by atoms with Gasteiger partial charge in [0.15, 0.2) is 11.2 Å². The number of aliphatic hydroxyl groups excluding tert-OH is 1. The fourth-order valence-corrected chi connectivity index (χ4v) is 2.28. The number of rotatable bonds is 2. The number of H-pyrrole nitrogens is 1. The molecular formula is C10H14N6O3. The van der Waals surface area contributed by atoms with Gasteiger partial charge in [-0.05, 0) is 6.42 Å². The molecule has 19 heavy (non-hydrogen) atoms. The second-order valence-corrected chi connectivity index (χ2v) is 4.54. The van der Waals surface area contributed by atoms with Crippen molar-refractivity contribution in [1.82, 2.24) is 19.5 Å². The SMILES string of the molecule is Nc1nc2c(ncn2[C@@]2(N)CC[C@@H](CO)O2)c(=O)[nH]1. The molecule has 0 bridgehead atoms. The van der Waals surface area contributed by atoms with Crippen LogP contribution in [0.1, 0.15) is 12.8 Å². The molecular weight excluding hydrogens is 252 g/mol. The van der Waals surface area contributed by atoms with Gasteiger partial charge in [-0.2, -0.15) is 4.98 Å². The molecule has 9 heteroatoms. The third-order valence-electron chi connectivity index (χ3n) is 3.23. The van der Waals surface area contributed by atoms with Gasteiger partial charge in [0, 0.05) is 6.42 Å². The first-order valence-corrected chi connectivity index (χ1v) is 5.84. The van der Waals surface area contributed by atoms with Gasteiger partial charge in [0.2, 0.25) is 11.8 Å². The van der Waals surface area contributed by atoms with E-state index >= 15 is 0 Å². The molecule has 0 aromatic carbocycles. The van der Waals surface area contributed by atoms with Gasteiger partial charge in [-0.25, -0.2) is 4.98 Å². The Bertz CT molecular complexity index is 679. The Morgan fingerprint density at radius 3 is 3.16 bits per heavy atom. The van der Waals surface area contributed by atoms with Gasteiger partial charge in [-0.3, -0.25) is 20.1 Å². The molecule has 0 aliphatic carbocycles. The van der Waals surface area contributed by atoms with Crippen molar-refractivity contribution in [2.45, 2.75) is 24.8 Å². The van der Waals surface area contributed by atoms with Crippen LogP contribution in [0.25, 0.3) is 11.2 Å². The maximum absolute atomic E-state index is 11.7. The minimum absolute atomic E-state index is 0.0143. The number of nitrogen functional groups attached to an aromatic ring is 1. The number of aliphatic hydroxyl groups is 1. The first-order valence-electron chi connectivity index (χ1n) is 5.84. The van der Waals surface area contributed by atoms with Crippen LogP contribution in [0.2, 0.25) is 0 Å². The molecule has 0 saturated carbocycles. The van der Waals surface area contributed by atoms with Crippen LogP contribution in [0.5, 0.6) is 0 Å². The van der Waals surface area contributed by atoms with Crippen LogP contribution >= 0.6 is 0 Å². The number of aromatic amines is 1. The number of anilines is 1. The third-order valence-corrected chi connectivity index (χ3v) is 3.23. The molecule has 3 rings (SSSR count). The number of nitrogens with zero attached hydrogens (tertiary/aromatic N) is 3. The second-order valence-electron chi connectivity index (χ2n) is 4.54. The fourth-order valence-electron chi connectivity index (χ4n) is 2.28. The number of nitrogens with one attached hydrogen (secondary N) is 1. The summed E-state index contributed by atoms with van der Waals surface area (Å²) in [6.07, 6.45) is 2.16. The highest BCUT2D eigenvalue weighted by molar-refractivity contribution is 5.70. The molecule has 3 heterocycles. The van der Waals surface area contributed by atoms with Crippen molar-refractivity contribution in [1.29, 1.82) is 0 Å². The van der Waals surface area contributed by atoms with Crippen molar-refractivity contribution < 1.29 is 9.84 Å². The zero-order chi connectivity index (χ0) is 13.6. The summed E-state index contributed by atoms with van der Waals surface area (Å²) in [6, 6.07) is 0. The van der Waals surface area contributed by atoms with E-state index in [0.717, 1.165) is 0 Å². The monoisotopic (exact) mass is 266 g/mol. The summed E-state index contributed by atoms with van der Waals surface area (Å²) in [4.78, 5) is 22.1. The Kier molecular flexibility index (Phi) is 2.55. The quantitative estimate of drug-likeness (QED) is 0.514. The van der Waals surface area contributed by atoms with Crippen LogP contribution in [0.15, 0.2) is 11.1 Å². The standard InChI is InChI=1S/C10H14N6O3/c11-9-14-7-6(8(18)15-9)13-4-16(7)10(12)2-1-5(3-17)19-10/h4-5,17H,1-3,12H2,(H3,11,14,15,18)/t5-,10-/m0/s1. The van der Waals surface area contributed by atoms with Gasteiger partial charge in [-0.1, -0.05) is 0 Å². The lowest BCUT2D eigenvalue weighted by Crippen LogP contribution is -2.43. The van der Waals surface area contributed by atoms with Gasteiger partial charge in [0.1, 0.15) is 6.33 Å². The lowest BCUT2D eigenvalue weighted by Gasteiger charge is -2.26. The molecule has 1 aliphatic heterocycles. The number of hydrogen-bond donors (Lipinski definition) is 4. The highest BCUT2D eigenvalue weighted by Crippen LogP contribution is 2.31. The minimum atomic E-state index is -1.17. The van der Waals surface area contributed by atoms with Crippen molar-refractivity contribution >= 4 is 17.1 Å². The van der Waals surface area contributed by atoms with Crippen LogP contribution in [0, 0.1) is 0 Å². The molecule has 0 unspecified atom stereocenters. The van der Waals surface area contributed by atoms with Crippen molar-refractivity contribution in [2.24, 2.45) is 5.73 Å². The summed E-state index contributed by atoms with van der Waals surface area (Å²) >= 11 is 0. The van der Waals surface area contributed by atoms with E-state index in [4.69, 9.17) is 21.3 Å². The fraction of sp³-hybridized carbons (Fsp3) is 0.500. The molecule has 0 amide bonds. The number of imidazole rings is 1. The number of nitrogens with two attached hydrogens (primary N) is 2. The molecule has 9 nitrogen and oxygen atoms in total. The molecule has 1 fully saturated rings. The van der Waals surface area contributed by atoms with Crippen LogP contribution in [-0.4, -0.2) is 37.3 Å². The normalized spacial score (nSPS) is 27.2. The number of fused-ring (bicyclic) bond motifs is 1. The maximum Gasteiger partial charge on any atom is 0.280 e. The Hall–Kier alpha value is -1.97. The van der Waals surface area contributed by atoms with Crippen LogP contribution in [-0.2, 0) is 10.6 Å². The minimum Gasteiger partial charge on any atom is -0.394 e. The van der Waals surface area contributed by atoms with Crippen molar-refractivity contribution in [2.75, 3.05) is 12.3 Å². The predicted molar refractivity (Wildman–Crippen MR) is 65.9 cm³/mol. The van der Waals surface area contributed by atoms with Gasteiger partial charge in [0.05, 0.1) is 12.7 Å². The molecule has 2 aromatic rings. The smallest absolute Gasteiger partial charge is 0.280 e. The van der Waals surface area contributed by atoms with E-state index in [1.807, 2.05) is 0 Å². The topological polar surface area (TPSA) is 145 Å². The molecule has 102 valence electrons. The van der Waals surface area contributed by atoms with Crippen LogP contribution in [0.3, 0.4) is 0 Å². The van der Waals surface area contributed by atoms with E-state index in [9.17, 15) is 4.79 Å². The van der Waals surface area contributed by atoms with Crippen molar-refractivity contribution in [3.05, 3.63) is 16.7 Å². The van der Waals surface area contributed by atoms with Crippen LogP contribution < -0.4 is 17.0 Å². The molecule has 6 N–H and O–H groups in total. The molecule has 1 aliphatic rings. The third kappa shape index (κ3) is 1.79. The Balaban J connectivity index is 2.14. The Labute approximate surface area is 107 Å². The average Bonchev–Trinajstić information content (AvgIpc) is 2.93. The number of hydrogen-bond acceptors (Lipinski definition) is 7. The molecule has 1 saturated heterocycles. The van der Waals surface area contributed by atoms with E-state index in [2.05, 4.69) is 15.0 Å². The van der Waals surface area contributed by atoms with Crippen molar-refractivity contribution in [3.8, 4) is 0 Å². The highest BCUT2D eigenvalue weighted by atomic mass is 16.6. The molecule has 0 spiro atoms. The predicted octanol–water partition coefficient (Wildman–Crippen LogP) is -1.56. The van der Waals surface area contributed by atoms with E-state index in [1.165, 1.54) is 10.9 Å². The summed E-state index contributed by atoms with van der Waals surface area (Å²) in [5.74, 6) is -1.19. The lowest BCUT2D eigenvalue weighted by molar-refractivity contribution is -0.104. The van der Waals surface area contributed by atoms with E-state index in [-0.39, 0.29) is 29.8 Å². The lowest BCUT2D eigenvalue weighted by atomic mass is 10.2. The second kappa shape index (κ2) is 4.02. The first-order chi connectivity index (χ1) is 9.03. The summed E-state index contributed by atoms with van der Waals surface area (Å²) in [5, 5.41) is 9.10. The van der Waals surface area contributed by atoms with E-state index < -0.39 is 11.4 Å². The van der Waals surface area contributed by atoms with Crippen LogP contribution in [0.4, 0.5) is 5.95 Å².